The van der Waals surface area contributed by atoms with Gasteiger partial charge in [0.2, 0.25) is 0 Å². The van der Waals surface area contributed by atoms with E-state index < -0.39 is 16.7 Å². The van der Waals surface area contributed by atoms with Crippen molar-refractivity contribution in [3.05, 3.63) is 41.2 Å². The third-order valence-electron chi connectivity index (χ3n) is 4.27. The van der Waals surface area contributed by atoms with E-state index in [4.69, 9.17) is 22.1 Å². The Kier molecular flexibility index (Phi) is 4.29. The molecule has 0 amide bonds. The normalized spacial score (nSPS) is 14.8. The van der Waals surface area contributed by atoms with Crippen molar-refractivity contribution in [1.82, 2.24) is 15.0 Å². The standard InChI is InChI=1S/C17H14ClF2N5O/c18-13-11(19)2-1-9(14(13)20)10-7-12(25-3-5-26-6-4-25)24-16-15(10)22-8-23-17(16)21/h1-2,7-8H,3-6H2,(H2,21,22,23). The maximum absolute atomic E-state index is 14.6. The molecule has 1 aliphatic heterocycles. The smallest absolute Gasteiger partial charge is 0.153 e. The Morgan fingerprint density at radius 1 is 1.08 bits per heavy atom. The number of anilines is 2. The van der Waals surface area contributed by atoms with Crippen LogP contribution in [-0.4, -0.2) is 41.3 Å². The molecular weight excluding hydrogens is 364 g/mol. The van der Waals surface area contributed by atoms with Crippen molar-refractivity contribution in [2.24, 2.45) is 0 Å². The highest BCUT2D eigenvalue weighted by Gasteiger charge is 2.21. The first kappa shape index (κ1) is 16.9. The Morgan fingerprint density at radius 3 is 2.62 bits per heavy atom. The summed E-state index contributed by atoms with van der Waals surface area (Å²) in [6.45, 7) is 2.40. The number of hydrogen-bond donors (Lipinski definition) is 1. The first-order valence-corrected chi connectivity index (χ1v) is 8.32. The number of pyridine rings is 1. The molecule has 134 valence electrons. The van der Waals surface area contributed by atoms with Gasteiger partial charge in [-0.25, -0.2) is 23.7 Å². The molecule has 4 rings (SSSR count). The number of nitrogen functional groups attached to an aromatic ring is 1. The molecule has 0 radical (unpaired) electrons. The number of rotatable bonds is 2. The number of halogens is 3. The van der Waals surface area contributed by atoms with Gasteiger partial charge in [0, 0.05) is 24.2 Å². The molecule has 0 bridgehead atoms. The lowest BCUT2D eigenvalue weighted by atomic mass is 10.0. The number of nitrogens with two attached hydrogens (primary N) is 1. The van der Waals surface area contributed by atoms with Crippen molar-refractivity contribution < 1.29 is 13.5 Å². The summed E-state index contributed by atoms with van der Waals surface area (Å²) >= 11 is 5.75. The van der Waals surface area contributed by atoms with Crippen molar-refractivity contribution in [3.63, 3.8) is 0 Å². The number of fused-ring (bicyclic) bond motifs is 1. The second-order valence-electron chi connectivity index (χ2n) is 5.81. The number of nitrogens with zero attached hydrogens (tertiary/aromatic N) is 4. The predicted octanol–water partition coefficient (Wildman–Crippen LogP) is 3.04. The number of aromatic nitrogens is 3. The van der Waals surface area contributed by atoms with Crippen LogP contribution in [0.15, 0.2) is 24.5 Å². The van der Waals surface area contributed by atoms with Crippen LogP contribution in [0.4, 0.5) is 20.4 Å². The molecule has 2 N–H and O–H groups in total. The zero-order valence-corrected chi connectivity index (χ0v) is 14.3. The molecule has 3 aromatic rings. The molecule has 0 unspecified atom stereocenters. The largest absolute Gasteiger partial charge is 0.382 e. The molecular formula is C17H14ClF2N5O. The monoisotopic (exact) mass is 377 g/mol. The molecule has 26 heavy (non-hydrogen) atoms. The van der Waals surface area contributed by atoms with E-state index in [2.05, 4.69) is 15.0 Å². The van der Waals surface area contributed by atoms with Crippen molar-refractivity contribution in [1.29, 1.82) is 0 Å². The number of hydrogen-bond acceptors (Lipinski definition) is 6. The Balaban J connectivity index is 1.98. The van der Waals surface area contributed by atoms with E-state index in [-0.39, 0.29) is 11.4 Å². The van der Waals surface area contributed by atoms with E-state index in [0.29, 0.717) is 48.7 Å². The number of ether oxygens (including phenoxy) is 1. The van der Waals surface area contributed by atoms with Gasteiger partial charge in [-0.1, -0.05) is 11.6 Å². The molecule has 1 fully saturated rings. The second-order valence-corrected chi connectivity index (χ2v) is 6.18. The summed E-state index contributed by atoms with van der Waals surface area (Å²) in [6, 6.07) is 4.14. The third-order valence-corrected chi connectivity index (χ3v) is 4.61. The van der Waals surface area contributed by atoms with E-state index >= 15 is 0 Å². The average molecular weight is 378 g/mol. The molecule has 1 aromatic carbocycles. The highest BCUT2D eigenvalue weighted by molar-refractivity contribution is 6.31. The van der Waals surface area contributed by atoms with Gasteiger partial charge in [-0.2, -0.15) is 0 Å². The SMILES string of the molecule is Nc1ncnc2c(-c3ccc(F)c(Cl)c3F)cc(N3CCOCC3)nc12. The Morgan fingerprint density at radius 2 is 1.85 bits per heavy atom. The van der Waals surface area contributed by atoms with E-state index in [1.807, 2.05) is 4.90 Å². The van der Waals surface area contributed by atoms with Gasteiger partial charge in [-0.3, -0.25) is 0 Å². The summed E-state index contributed by atoms with van der Waals surface area (Å²) in [5, 5.41) is -0.567. The first-order valence-electron chi connectivity index (χ1n) is 7.94. The lowest BCUT2D eigenvalue weighted by Gasteiger charge is -2.28. The maximum atomic E-state index is 14.6. The molecule has 0 saturated carbocycles. The summed E-state index contributed by atoms with van der Waals surface area (Å²) in [5.74, 6) is -0.907. The first-order chi connectivity index (χ1) is 12.6. The van der Waals surface area contributed by atoms with E-state index in [0.717, 1.165) is 6.07 Å². The van der Waals surface area contributed by atoms with Crippen LogP contribution in [0.5, 0.6) is 0 Å². The zero-order chi connectivity index (χ0) is 18.3. The van der Waals surface area contributed by atoms with Crippen LogP contribution < -0.4 is 10.6 Å². The zero-order valence-electron chi connectivity index (χ0n) is 13.5. The summed E-state index contributed by atoms with van der Waals surface area (Å²) in [4.78, 5) is 14.7. The minimum absolute atomic E-state index is 0.122. The topological polar surface area (TPSA) is 77.2 Å². The van der Waals surface area contributed by atoms with Crippen LogP contribution in [-0.2, 0) is 4.74 Å². The van der Waals surface area contributed by atoms with Gasteiger partial charge >= 0.3 is 0 Å². The van der Waals surface area contributed by atoms with Gasteiger partial charge in [0.15, 0.2) is 11.6 Å². The van der Waals surface area contributed by atoms with E-state index in [9.17, 15) is 8.78 Å². The Hall–Kier alpha value is -2.58. The average Bonchev–Trinajstić information content (AvgIpc) is 2.67. The van der Waals surface area contributed by atoms with Crippen molar-refractivity contribution >= 4 is 34.3 Å². The number of morpholine rings is 1. The minimum Gasteiger partial charge on any atom is -0.382 e. The van der Waals surface area contributed by atoms with Crippen molar-refractivity contribution in [3.8, 4) is 11.1 Å². The quantitative estimate of drug-likeness (QED) is 0.692. The summed E-state index contributed by atoms with van der Waals surface area (Å²) < 4.78 is 33.6. The van der Waals surface area contributed by atoms with Gasteiger partial charge in [-0.15, -0.1) is 0 Å². The van der Waals surface area contributed by atoms with Crippen LogP contribution >= 0.6 is 11.6 Å². The van der Waals surface area contributed by atoms with E-state index in [1.165, 1.54) is 12.4 Å². The minimum atomic E-state index is -0.857. The maximum Gasteiger partial charge on any atom is 0.153 e. The third kappa shape index (κ3) is 2.81. The molecule has 0 aliphatic carbocycles. The molecule has 1 saturated heterocycles. The lowest BCUT2D eigenvalue weighted by Crippen LogP contribution is -2.36. The molecule has 2 aromatic heterocycles. The molecule has 1 aliphatic rings. The molecule has 6 nitrogen and oxygen atoms in total. The fraction of sp³-hybridized carbons (Fsp3) is 0.235. The fourth-order valence-electron chi connectivity index (χ4n) is 2.94. The van der Waals surface area contributed by atoms with Gasteiger partial charge in [0.05, 0.1) is 13.2 Å². The van der Waals surface area contributed by atoms with Crippen LogP contribution in [0.1, 0.15) is 0 Å². The molecule has 3 heterocycles. The van der Waals surface area contributed by atoms with Crippen LogP contribution in [0.2, 0.25) is 5.02 Å². The molecule has 9 heteroatoms. The second kappa shape index (κ2) is 6.62. The van der Waals surface area contributed by atoms with Gasteiger partial charge in [0.25, 0.3) is 0 Å². The summed E-state index contributed by atoms with van der Waals surface area (Å²) in [5.41, 5.74) is 7.22. The molecule has 0 spiro atoms. The molecule has 0 atom stereocenters. The van der Waals surface area contributed by atoms with E-state index in [1.54, 1.807) is 6.07 Å². The van der Waals surface area contributed by atoms with Gasteiger partial charge < -0.3 is 15.4 Å². The highest BCUT2D eigenvalue weighted by atomic mass is 35.5. The van der Waals surface area contributed by atoms with Crippen molar-refractivity contribution in [2.75, 3.05) is 36.9 Å². The number of benzene rings is 1. The van der Waals surface area contributed by atoms with Gasteiger partial charge in [0.1, 0.15) is 34.0 Å². The van der Waals surface area contributed by atoms with Crippen LogP contribution in [0, 0.1) is 11.6 Å². The summed E-state index contributed by atoms with van der Waals surface area (Å²) in [6.07, 6.45) is 1.28. The lowest BCUT2D eigenvalue weighted by molar-refractivity contribution is 0.122. The summed E-state index contributed by atoms with van der Waals surface area (Å²) in [7, 11) is 0. The highest BCUT2D eigenvalue weighted by Crippen LogP contribution is 2.36. The fourth-order valence-corrected chi connectivity index (χ4v) is 3.10. The van der Waals surface area contributed by atoms with Crippen LogP contribution in [0.3, 0.4) is 0 Å². The Bertz CT molecular complexity index is 995. The predicted molar refractivity (Wildman–Crippen MR) is 95.1 cm³/mol. The Labute approximate surface area is 152 Å². The van der Waals surface area contributed by atoms with Gasteiger partial charge in [-0.05, 0) is 18.2 Å². The van der Waals surface area contributed by atoms with Crippen molar-refractivity contribution in [2.45, 2.75) is 0 Å². The van der Waals surface area contributed by atoms with Crippen LogP contribution in [0.25, 0.3) is 22.2 Å².